The van der Waals surface area contributed by atoms with Crippen LogP contribution in [-0.2, 0) is 4.79 Å². The zero-order valence-electron chi connectivity index (χ0n) is 9.72. The minimum Gasteiger partial charge on any atom is -0.315 e. The quantitative estimate of drug-likeness (QED) is 0.870. The SMILES string of the molecule is O=C(Nc1ccc(Br)cn1)C1(C(F)(F)F)CCNC1. The fourth-order valence-corrected chi connectivity index (χ4v) is 2.18. The van der Waals surface area contributed by atoms with Crippen LogP contribution < -0.4 is 10.6 Å². The number of halogens is 4. The Morgan fingerprint density at radius 1 is 1.47 bits per heavy atom. The van der Waals surface area contributed by atoms with E-state index in [2.05, 4.69) is 31.5 Å². The fourth-order valence-electron chi connectivity index (χ4n) is 1.94. The van der Waals surface area contributed by atoms with Gasteiger partial charge in [-0.15, -0.1) is 0 Å². The third-order valence-corrected chi connectivity index (χ3v) is 3.57. The second-order valence-electron chi connectivity index (χ2n) is 4.32. The molecule has 1 aromatic heterocycles. The molecule has 19 heavy (non-hydrogen) atoms. The number of rotatable bonds is 2. The van der Waals surface area contributed by atoms with E-state index in [1.165, 1.54) is 12.3 Å². The third kappa shape index (κ3) is 2.74. The Bertz CT molecular complexity index is 469. The Balaban J connectivity index is 2.19. The van der Waals surface area contributed by atoms with Gasteiger partial charge in [0, 0.05) is 17.2 Å². The molecule has 104 valence electrons. The molecule has 1 aromatic rings. The van der Waals surface area contributed by atoms with Crippen molar-refractivity contribution in [2.75, 3.05) is 18.4 Å². The molecule has 0 aliphatic carbocycles. The summed E-state index contributed by atoms with van der Waals surface area (Å²) in [6.45, 7) is -0.237. The van der Waals surface area contributed by atoms with Gasteiger partial charge < -0.3 is 10.6 Å². The largest absolute Gasteiger partial charge is 0.404 e. The summed E-state index contributed by atoms with van der Waals surface area (Å²) in [4.78, 5) is 15.8. The van der Waals surface area contributed by atoms with Crippen molar-refractivity contribution < 1.29 is 18.0 Å². The van der Waals surface area contributed by atoms with Crippen LogP contribution in [-0.4, -0.2) is 30.2 Å². The average molecular weight is 338 g/mol. The molecule has 2 heterocycles. The summed E-state index contributed by atoms with van der Waals surface area (Å²) < 4.78 is 40.0. The maximum absolute atomic E-state index is 13.1. The Morgan fingerprint density at radius 2 is 2.21 bits per heavy atom. The molecular weight excluding hydrogens is 327 g/mol. The van der Waals surface area contributed by atoms with Crippen LogP contribution in [0.25, 0.3) is 0 Å². The average Bonchev–Trinajstić information content (AvgIpc) is 2.82. The van der Waals surface area contributed by atoms with Crippen LogP contribution in [0.3, 0.4) is 0 Å². The number of alkyl halides is 3. The van der Waals surface area contributed by atoms with Gasteiger partial charge in [0.1, 0.15) is 5.82 Å². The summed E-state index contributed by atoms with van der Waals surface area (Å²) in [5.74, 6) is -0.969. The molecule has 1 aliphatic heterocycles. The van der Waals surface area contributed by atoms with Crippen molar-refractivity contribution >= 4 is 27.7 Å². The normalized spacial score (nSPS) is 23.4. The van der Waals surface area contributed by atoms with Crippen LogP contribution >= 0.6 is 15.9 Å². The summed E-state index contributed by atoms with van der Waals surface area (Å²) in [7, 11) is 0. The molecule has 1 atom stereocenters. The number of nitrogens with zero attached hydrogens (tertiary/aromatic N) is 1. The van der Waals surface area contributed by atoms with Gasteiger partial charge in [-0.05, 0) is 41.0 Å². The molecule has 2 N–H and O–H groups in total. The fraction of sp³-hybridized carbons (Fsp3) is 0.455. The number of aromatic nitrogens is 1. The van der Waals surface area contributed by atoms with Gasteiger partial charge in [-0.2, -0.15) is 13.2 Å². The zero-order chi connectivity index (χ0) is 14.1. The molecule has 2 rings (SSSR count). The second-order valence-corrected chi connectivity index (χ2v) is 5.24. The molecule has 1 aliphatic rings. The number of carbonyl (C=O) groups excluding carboxylic acids is 1. The van der Waals surface area contributed by atoms with Crippen LogP contribution in [0, 0.1) is 5.41 Å². The van der Waals surface area contributed by atoms with E-state index in [0.717, 1.165) is 0 Å². The highest BCUT2D eigenvalue weighted by atomic mass is 79.9. The van der Waals surface area contributed by atoms with Crippen molar-refractivity contribution in [3.05, 3.63) is 22.8 Å². The molecule has 1 fully saturated rings. The van der Waals surface area contributed by atoms with Gasteiger partial charge in [-0.3, -0.25) is 4.79 Å². The van der Waals surface area contributed by atoms with E-state index in [4.69, 9.17) is 0 Å². The highest BCUT2D eigenvalue weighted by molar-refractivity contribution is 9.10. The first-order valence-corrected chi connectivity index (χ1v) is 6.35. The lowest BCUT2D eigenvalue weighted by atomic mass is 9.85. The number of carbonyl (C=O) groups is 1. The zero-order valence-corrected chi connectivity index (χ0v) is 11.3. The number of hydrogen-bond acceptors (Lipinski definition) is 3. The summed E-state index contributed by atoms with van der Waals surface area (Å²) in [6, 6.07) is 3.03. The summed E-state index contributed by atoms with van der Waals surface area (Å²) in [5, 5.41) is 4.81. The van der Waals surface area contributed by atoms with Gasteiger partial charge >= 0.3 is 6.18 Å². The summed E-state index contributed by atoms with van der Waals surface area (Å²) in [5.41, 5.74) is -2.37. The van der Waals surface area contributed by atoms with Gasteiger partial charge in [-0.25, -0.2) is 4.98 Å². The highest BCUT2D eigenvalue weighted by Gasteiger charge is 2.61. The molecular formula is C11H11BrF3N3O. The first-order valence-electron chi connectivity index (χ1n) is 5.56. The van der Waals surface area contributed by atoms with Crippen LogP contribution in [0.1, 0.15) is 6.42 Å². The molecule has 0 bridgehead atoms. The lowest BCUT2D eigenvalue weighted by Gasteiger charge is -2.29. The maximum atomic E-state index is 13.1. The Kier molecular flexibility index (Phi) is 3.82. The van der Waals surface area contributed by atoms with Crippen LogP contribution in [0.4, 0.5) is 19.0 Å². The predicted molar refractivity (Wildman–Crippen MR) is 66.5 cm³/mol. The van der Waals surface area contributed by atoms with E-state index in [9.17, 15) is 18.0 Å². The van der Waals surface area contributed by atoms with E-state index in [1.807, 2.05) is 0 Å². The first kappa shape index (κ1) is 14.3. The maximum Gasteiger partial charge on any atom is 0.404 e. The molecule has 0 spiro atoms. The van der Waals surface area contributed by atoms with Gasteiger partial charge in [0.2, 0.25) is 5.91 Å². The van der Waals surface area contributed by atoms with Crippen LogP contribution in [0.15, 0.2) is 22.8 Å². The van der Waals surface area contributed by atoms with Gasteiger partial charge in [0.25, 0.3) is 0 Å². The molecule has 1 amide bonds. The molecule has 4 nitrogen and oxygen atoms in total. The molecule has 1 unspecified atom stereocenters. The van der Waals surface area contributed by atoms with E-state index >= 15 is 0 Å². The molecule has 0 saturated carbocycles. The number of anilines is 1. The van der Waals surface area contributed by atoms with E-state index < -0.39 is 24.0 Å². The summed E-state index contributed by atoms with van der Waals surface area (Å²) >= 11 is 3.16. The Morgan fingerprint density at radius 3 is 2.68 bits per heavy atom. The van der Waals surface area contributed by atoms with E-state index in [-0.39, 0.29) is 18.8 Å². The first-order chi connectivity index (χ1) is 8.85. The molecule has 0 aromatic carbocycles. The standard InChI is InChI=1S/C11H11BrF3N3O/c12-7-1-2-8(17-5-7)18-9(19)10(11(13,14)15)3-4-16-6-10/h1-2,5,16H,3-4,6H2,(H,17,18,19). The third-order valence-electron chi connectivity index (χ3n) is 3.10. The van der Waals surface area contributed by atoms with Crippen LogP contribution in [0.5, 0.6) is 0 Å². The predicted octanol–water partition coefficient (Wildman–Crippen LogP) is 2.32. The van der Waals surface area contributed by atoms with E-state index in [0.29, 0.717) is 4.47 Å². The van der Waals surface area contributed by atoms with Crippen molar-refractivity contribution in [3.8, 4) is 0 Å². The molecule has 0 radical (unpaired) electrons. The lowest BCUT2D eigenvalue weighted by molar-refractivity contribution is -0.213. The van der Waals surface area contributed by atoms with Gasteiger partial charge in [0.15, 0.2) is 5.41 Å². The van der Waals surface area contributed by atoms with Crippen molar-refractivity contribution in [3.63, 3.8) is 0 Å². The number of amides is 1. The Labute approximate surface area is 115 Å². The minimum absolute atomic E-state index is 0.101. The highest BCUT2D eigenvalue weighted by Crippen LogP contribution is 2.43. The second kappa shape index (κ2) is 5.09. The van der Waals surface area contributed by atoms with Crippen molar-refractivity contribution in [2.45, 2.75) is 12.6 Å². The van der Waals surface area contributed by atoms with Crippen molar-refractivity contribution in [2.24, 2.45) is 5.41 Å². The number of nitrogens with one attached hydrogen (secondary N) is 2. The topological polar surface area (TPSA) is 54.0 Å². The summed E-state index contributed by atoms with van der Waals surface area (Å²) in [6.07, 6.45) is -3.45. The molecule has 1 saturated heterocycles. The van der Waals surface area contributed by atoms with Crippen LogP contribution in [0.2, 0.25) is 0 Å². The van der Waals surface area contributed by atoms with Gasteiger partial charge in [0.05, 0.1) is 0 Å². The van der Waals surface area contributed by atoms with Crippen molar-refractivity contribution in [1.29, 1.82) is 0 Å². The number of pyridine rings is 1. The minimum atomic E-state index is -4.59. The molecule has 8 heteroatoms. The smallest absolute Gasteiger partial charge is 0.315 e. The van der Waals surface area contributed by atoms with Gasteiger partial charge in [-0.1, -0.05) is 0 Å². The van der Waals surface area contributed by atoms with E-state index in [1.54, 1.807) is 6.07 Å². The monoisotopic (exact) mass is 337 g/mol. The van der Waals surface area contributed by atoms with Crippen molar-refractivity contribution in [1.82, 2.24) is 10.3 Å². The number of hydrogen-bond donors (Lipinski definition) is 2. The lowest BCUT2D eigenvalue weighted by Crippen LogP contribution is -2.49. The Hall–Kier alpha value is -1.15.